The second kappa shape index (κ2) is 6.39. The molecule has 0 amide bonds. The van der Waals surface area contributed by atoms with Gasteiger partial charge in [0.25, 0.3) is 11.9 Å². The van der Waals surface area contributed by atoms with Crippen molar-refractivity contribution in [3.63, 3.8) is 0 Å². The molecule has 2 aromatic heterocycles. The first kappa shape index (κ1) is 16.3. The summed E-state index contributed by atoms with van der Waals surface area (Å²) in [6.07, 6.45) is 2.51. The SMILES string of the molecule is N#Cc1cc(-c2nc(-c3ccc4oc(N)nc4c3)no2)ccc1NCC1CC1. The van der Waals surface area contributed by atoms with Crippen LogP contribution in [0.3, 0.4) is 0 Å². The molecule has 1 fully saturated rings. The Balaban J connectivity index is 1.43. The second-order valence-corrected chi connectivity index (χ2v) is 6.85. The molecule has 0 bridgehead atoms. The molecule has 8 nitrogen and oxygen atoms in total. The molecule has 0 unspecified atom stereocenters. The topological polar surface area (TPSA) is 127 Å². The minimum Gasteiger partial charge on any atom is -0.424 e. The van der Waals surface area contributed by atoms with Gasteiger partial charge in [-0.15, -0.1) is 0 Å². The lowest BCUT2D eigenvalue weighted by Gasteiger charge is -2.07. The zero-order chi connectivity index (χ0) is 19.1. The molecule has 8 heteroatoms. The summed E-state index contributed by atoms with van der Waals surface area (Å²) >= 11 is 0. The lowest BCUT2D eigenvalue weighted by atomic mass is 10.1. The van der Waals surface area contributed by atoms with Crippen LogP contribution in [0.1, 0.15) is 18.4 Å². The molecule has 1 saturated carbocycles. The van der Waals surface area contributed by atoms with Crippen molar-refractivity contribution in [1.82, 2.24) is 15.1 Å². The van der Waals surface area contributed by atoms with Crippen LogP contribution in [0.25, 0.3) is 33.9 Å². The molecule has 0 atom stereocenters. The van der Waals surface area contributed by atoms with Crippen LogP contribution in [0.15, 0.2) is 45.3 Å². The summed E-state index contributed by atoms with van der Waals surface area (Å²) in [5.41, 5.74) is 9.61. The van der Waals surface area contributed by atoms with Crippen molar-refractivity contribution in [2.75, 3.05) is 17.6 Å². The molecule has 0 radical (unpaired) electrons. The van der Waals surface area contributed by atoms with E-state index >= 15 is 0 Å². The number of nitrogens with zero attached hydrogens (tertiary/aromatic N) is 4. The molecular weight excluding hydrogens is 356 g/mol. The zero-order valence-electron chi connectivity index (χ0n) is 14.8. The number of nitriles is 1. The van der Waals surface area contributed by atoms with Gasteiger partial charge < -0.3 is 20.0 Å². The van der Waals surface area contributed by atoms with Gasteiger partial charge in [-0.25, -0.2) is 0 Å². The largest absolute Gasteiger partial charge is 0.424 e. The van der Waals surface area contributed by atoms with Gasteiger partial charge in [-0.2, -0.15) is 15.2 Å². The summed E-state index contributed by atoms with van der Waals surface area (Å²) in [4.78, 5) is 8.57. The number of rotatable bonds is 5. The van der Waals surface area contributed by atoms with Crippen LogP contribution < -0.4 is 11.1 Å². The number of hydrogen-bond acceptors (Lipinski definition) is 8. The van der Waals surface area contributed by atoms with Crippen LogP contribution in [0.4, 0.5) is 11.7 Å². The maximum atomic E-state index is 9.47. The smallest absolute Gasteiger partial charge is 0.292 e. The highest BCUT2D eigenvalue weighted by Crippen LogP contribution is 2.31. The van der Waals surface area contributed by atoms with Crippen LogP contribution in [0, 0.1) is 17.2 Å². The maximum Gasteiger partial charge on any atom is 0.292 e. The quantitative estimate of drug-likeness (QED) is 0.541. The molecular formula is C20H16N6O2. The second-order valence-electron chi connectivity index (χ2n) is 6.85. The molecule has 0 aliphatic heterocycles. The van der Waals surface area contributed by atoms with Gasteiger partial charge in [-0.05, 0) is 55.2 Å². The number of oxazole rings is 1. The van der Waals surface area contributed by atoms with E-state index in [4.69, 9.17) is 14.7 Å². The van der Waals surface area contributed by atoms with E-state index in [-0.39, 0.29) is 6.01 Å². The van der Waals surface area contributed by atoms with E-state index in [0.29, 0.717) is 33.9 Å². The van der Waals surface area contributed by atoms with E-state index in [1.54, 1.807) is 18.2 Å². The Labute approximate surface area is 160 Å². The Bertz CT molecular complexity index is 1220. The molecule has 2 aromatic carbocycles. The van der Waals surface area contributed by atoms with Gasteiger partial charge in [0.2, 0.25) is 5.82 Å². The fourth-order valence-electron chi connectivity index (χ4n) is 3.04. The molecule has 0 spiro atoms. The standard InChI is InChI=1S/C20H16N6O2/c21-9-14-7-13(3-5-15(14)23-10-11-1-2-11)19-25-18(26-28-19)12-4-6-17-16(8-12)24-20(22)27-17/h3-8,11,23H,1-2,10H2,(H2,22,24). The van der Waals surface area contributed by atoms with Gasteiger partial charge in [0.05, 0.1) is 11.3 Å². The Hall–Kier alpha value is -3.86. The lowest BCUT2D eigenvalue weighted by Crippen LogP contribution is -2.04. The van der Waals surface area contributed by atoms with Gasteiger partial charge in [0.1, 0.15) is 11.6 Å². The van der Waals surface area contributed by atoms with Gasteiger partial charge >= 0.3 is 0 Å². The van der Waals surface area contributed by atoms with Crippen molar-refractivity contribution in [1.29, 1.82) is 5.26 Å². The van der Waals surface area contributed by atoms with Crippen LogP contribution in [-0.4, -0.2) is 21.7 Å². The molecule has 4 aromatic rings. The molecule has 1 aliphatic carbocycles. The Kier molecular flexibility index (Phi) is 3.72. The van der Waals surface area contributed by atoms with Gasteiger partial charge in [0.15, 0.2) is 5.58 Å². The van der Waals surface area contributed by atoms with Gasteiger partial charge in [-0.3, -0.25) is 0 Å². The number of fused-ring (bicyclic) bond motifs is 1. The Morgan fingerprint density at radius 2 is 2.00 bits per heavy atom. The Morgan fingerprint density at radius 1 is 1.14 bits per heavy atom. The van der Waals surface area contributed by atoms with E-state index in [2.05, 4.69) is 26.5 Å². The zero-order valence-corrected chi connectivity index (χ0v) is 14.8. The summed E-state index contributed by atoms with van der Waals surface area (Å²) in [6.45, 7) is 0.897. The number of anilines is 2. The van der Waals surface area contributed by atoms with E-state index < -0.39 is 0 Å². The molecule has 2 heterocycles. The first-order valence-electron chi connectivity index (χ1n) is 8.98. The van der Waals surface area contributed by atoms with Crippen molar-refractivity contribution in [2.45, 2.75) is 12.8 Å². The van der Waals surface area contributed by atoms with E-state index in [9.17, 15) is 5.26 Å². The average Bonchev–Trinajstić information content (AvgIpc) is 3.26. The van der Waals surface area contributed by atoms with E-state index in [1.807, 2.05) is 18.2 Å². The number of nitrogens with one attached hydrogen (secondary N) is 1. The first-order chi connectivity index (χ1) is 13.7. The van der Waals surface area contributed by atoms with Crippen LogP contribution in [0.2, 0.25) is 0 Å². The Morgan fingerprint density at radius 3 is 2.82 bits per heavy atom. The highest BCUT2D eigenvalue weighted by atomic mass is 16.5. The van der Waals surface area contributed by atoms with Crippen LogP contribution in [-0.2, 0) is 0 Å². The third-order valence-corrected chi connectivity index (χ3v) is 4.75. The highest BCUT2D eigenvalue weighted by Gasteiger charge is 2.21. The third kappa shape index (κ3) is 3.03. The van der Waals surface area contributed by atoms with Crippen LogP contribution >= 0.6 is 0 Å². The summed E-state index contributed by atoms with van der Waals surface area (Å²) in [5.74, 6) is 1.50. The lowest BCUT2D eigenvalue weighted by molar-refractivity contribution is 0.432. The fraction of sp³-hybridized carbons (Fsp3) is 0.200. The molecule has 28 heavy (non-hydrogen) atoms. The minimum absolute atomic E-state index is 0.111. The predicted molar refractivity (Wildman–Crippen MR) is 103 cm³/mol. The summed E-state index contributed by atoms with van der Waals surface area (Å²) in [6, 6.07) is 13.2. The highest BCUT2D eigenvalue weighted by molar-refractivity contribution is 5.80. The minimum atomic E-state index is 0.111. The number of benzene rings is 2. The monoisotopic (exact) mass is 372 g/mol. The number of hydrogen-bond donors (Lipinski definition) is 2. The third-order valence-electron chi connectivity index (χ3n) is 4.75. The summed E-state index contributed by atoms with van der Waals surface area (Å²) in [7, 11) is 0. The fourth-order valence-corrected chi connectivity index (χ4v) is 3.04. The van der Waals surface area contributed by atoms with Crippen molar-refractivity contribution in [3.05, 3.63) is 42.0 Å². The molecule has 138 valence electrons. The van der Waals surface area contributed by atoms with Gasteiger partial charge in [0, 0.05) is 17.7 Å². The van der Waals surface area contributed by atoms with Crippen molar-refractivity contribution in [2.24, 2.45) is 5.92 Å². The van der Waals surface area contributed by atoms with E-state index in [0.717, 1.165) is 23.7 Å². The number of aromatic nitrogens is 3. The predicted octanol–water partition coefficient (Wildman–Crippen LogP) is 3.82. The molecule has 0 saturated heterocycles. The van der Waals surface area contributed by atoms with Crippen molar-refractivity contribution < 1.29 is 8.94 Å². The maximum absolute atomic E-state index is 9.47. The molecule has 3 N–H and O–H groups in total. The molecule has 5 rings (SSSR count). The average molecular weight is 372 g/mol. The summed E-state index contributed by atoms with van der Waals surface area (Å²) < 4.78 is 10.7. The number of nitrogens with two attached hydrogens (primary N) is 1. The summed E-state index contributed by atoms with van der Waals surface area (Å²) in [5, 5.41) is 16.9. The number of nitrogen functional groups attached to an aromatic ring is 1. The van der Waals surface area contributed by atoms with Gasteiger partial charge in [-0.1, -0.05) is 5.16 Å². The van der Waals surface area contributed by atoms with E-state index in [1.165, 1.54) is 12.8 Å². The first-order valence-corrected chi connectivity index (χ1v) is 8.98. The molecule has 1 aliphatic rings. The normalized spacial score (nSPS) is 13.5. The van der Waals surface area contributed by atoms with Crippen molar-refractivity contribution in [3.8, 4) is 28.9 Å². The van der Waals surface area contributed by atoms with Crippen molar-refractivity contribution >= 4 is 22.8 Å². The van der Waals surface area contributed by atoms with Crippen LogP contribution in [0.5, 0.6) is 0 Å².